The summed E-state index contributed by atoms with van der Waals surface area (Å²) in [5, 5.41) is 0.725. The molecule has 0 radical (unpaired) electrons. The van der Waals surface area contributed by atoms with Crippen LogP contribution in [0.25, 0.3) is 0 Å². The molecule has 2 atom stereocenters. The number of nitrogens with one attached hydrogen (secondary N) is 1. The minimum atomic E-state index is -3.66. The van der Waals surface area contributed by atoms with Gasteiger partial charge in [0.1, 0.15) is 31.2 Å². The molecule has 198 valence electrons. The molecule has 0 amide bonds. The maximum Gasteiger partial charge on any atom is 0.336 e. The van der Waals surface area contributed by atoms with Gasteiger partial charge in [-0.15, -0.1) is 0 Å². The summed E-state index contributed by atoms with van der Waals surface area (Å²) in [7, 11) is -3.66. The Hall–Kier alpha value is -1.31. The first-order valence-electron chi connectivity index (χ1n) is 11.2. The molecule has 12 heteroatoms. The molecule has 1 N–H and O–H groups in total. The SMILES string of the molecule is CC(=O)O[C@@H](CCI)COc1c(Cl)cc(C(C)(C)c2ccc(OC[C@H]3CNS(=O)(=O)O3)cc2)cc1Cl. The fourth-order valence-electron chi connectivity index (χ4n) is 3.62. The van der Waals surface area contributed by atoms with Gasteiger partial charge in [-0.05, 0) is 41.8 Å². The highest BCUT2D eigenvalue weighted by atomic mass is 127. The molecule has 0 saturated carbocycles. The molecule has 1 heterocycles. The summed E-state index contributed by atoms with van der Waals surface area (Å²) in [6.45, 7) is 5.90. The van der Waals surface area contributed by atoms with E-state index in [1.807, 2.05) is 50.2 Å². The Morgan fingerprint density at radius 1 is 1.17 bits per heavy atom. The molecule has 0 unspecified atom stereocenters. The van der Waals surface area contributed by atoms with Crippen molar-refractivity contribution >= 4 is 62.1 Å². The molecule has 0 aliphatic carbocycles. The number of ether oxygens (including phenoxy) is 3. The highest BCUT2D eigenvalue weighted by Crippen LogP contribution is 2.41. The van der Waals surface area contributed by atoms with Crippen LogP contribution < -0.4 is 14.2 Å². The number of benzene rings is 2. The van der Waals surface area contributed by atoms with Gasteiger partial charge in [0, 0.05) is 23.3 Å². The van der Waals surface area contributed by atoms with Gasteiger partial charge in [-0.1, -0.05) is 71.8 Å². The number of halogens is 3. The molecule has 2 aromatic rings. The predicted molar refractivity (Wildman–Crippen MR) is 147 cm³/mol. The quantitative estimate of drug-likeness (QED) is 0.202. The van der Waals surface area contributed by atoms with Gasteiger partial charge < -0.3 is 14.2 Å². The van der Waals surface area contributed by atoms with Crippen LogP contribution in [0.3, 0.4) is 0 Å². The molecule has 2 aromatic carbocycles. The molecule has 0 spiro atoms. The minimum Gasteiger partial charge on any atom is -0.491 e. The standard InChI is InChI=1S/C24H28Cl2INO7S/c1-15(29)34-19(8-9-27)13-33-23-21(25)10-17(11-22(23)26)24(2,3)16-4-6-18(7-5-16)32-14-20-12-28-36(30,31)35-20/h4-7,10-11,19-20,28H,8-9,12-14H2,1-3H3/t19-,20+/m0/s1. The van der Waals surface area contributed by atoms with E-state index in [0.717, 1.165) is 15.6 Å². The van der Waals surface area contributed by atoms with Gasteiger partial charge in [-0.2, -0.15) is 13.1 Å². The Kier molecular flexibility index (Phi) is 10.1. The van der Waals surface area contributed by atoms with Crippen LogP contribution in [0.4, 0.5) is 0 Å². The van der Waals surface area contributed by atoms with Crippen LogP contribution >= 0.6 is 45.8 Å². The highest BCUT2D eigenvalue weighted by Gasteiger charge is 2.29. The summed E-state index contributed by atoms with van der Waals surface area (Å²) < 4.78 is 47.4. The van der Waals surface area contributed by atoms with Gasteiger partial charge in [0.15, 0.2) is 5.75 Å². The lowest BCUT2D eigenvalue weighted by Crippen LogP contribution is -2.25. The van der Waals surface area contributed by atoms with E-state index in [9.17, 15) is 13.2 Å². The second-order valence-electron chi connectivity index (χ2n) is 8.77. The third kappa shape index (κ3) is 7.84. The largest absolute Gasteiger partial charge is 0.491 e. The number of carbonyl (C=O) groups excluding carboxylic acids is 1. The third-order valence-electron chi connectivity index (χ3n) is 5.66. The van der Waals surface area contributed by atoms with Gasteiger partial charge in [-0.25, -0.2) is 4.18 Å². The fraction of sp³-hybridized carbons (Fsp3) is 0.458. The second kappa shape index (κ2) is 12.5. The molecule has 1 aliphatic rings. The van der Waals surface area contributed by atoms with Crippen molar-refractivity contribution in [1.29, 1.82) is 0 Å². The molecule has 36 heavy (non-hydrogen) atoms. The van der Waals surface area contributed by atoms with Gasteiger partial charge >= 0.3 is 16.3 Å². The fourth-order valence-corrected chi connectivity index (χ4v) is 5.85. The second-order valence-corrected chi connectivity index (χ2v) is 12.1. The monoisotopic (exact) mass is 671 g/mol. The van der Waals surface area contributed by atoms with Crippen molar-refractivity contribution in [3.05, 3.63) is 57.6 Å². The Balaban J connectivity index is 1.68. The van der Waals surface area contributed by atoms with Crippen molar-refractivity contribution < 1.29 is 31.6 Å². The Morgan fingerprint density at radius 3 is 2.33 bits per heavy atom. The normalized spacial score (nSPS) is 18.0. The van der Waals surface area contributed by atoms with E-state index >= 15 is 0 Å². The molecule has 1 saturated heterocycles. The average Bonchev–Trinajstić information content (AvgIpc) is 3.15. The van der Waals surface area contributed by atoms with E-state index in [1.54, 1.807) is 0 Å². The first kappa shape index (κ1) is 29.2. The number of hydrogen-bond donors (Lipinski definition) is 1. The van der Waals surface area contributed by atoms with Crippen LogP contribution in [-0.4, -0.2) is 50.8 Å². The summed E-state index contributed by atoms with van der Waals surface area (Å²) in [6, 6.07) is 11.1. The Labute approximate surface area is 235 Å². The molecule has 0 bridgehead atoms. The van der Waals surface area contributed by atoms with Crippen LogP contribution in [0.15, 0.2) is 36.4 Å². The molecular formula is C24H28Cl2INO7S. The van der Waals surface area contributed by atoms with Crippen molar-refractivity contribution in [2.24, 2.45) is 0 Å². The number of hydrogen-bond acceptors (Lipinski definition) is 7. The Morgan fingerprint density at radius 2 is 1.81 bits per heavy atom. The smallest absolute Gasteiger partial charge is 0.336 e. The van der Waals surface area contributed by atoms with Crippen LogP contribution in [0.1, 0.15) is 38.3 Å². The van der Waals surface area contributed by atoms with E-state index < -0.39 is 21.8 Å². The van der Waals surface area contributed by atoms with Crippen molar-refractivity contribution in [2.75, 3.05) is 24.2 Å². The number of rotatable bonds is 11. The van der Waals surface area contributed by atoms with E-state index in [2.05, 4.69) is 27.3 Å². The summed E-state index contributed by atoms with van der Waals surface area (Å²) in [5.41, 5.74) is 1.44. The maximum atomic E-state index is 11.3. The van der Waals surface area contributed by atoms with Crippen LogP contribution in [0, 0.1) is 0 Å². The summed E-state index contributed by atoms with van der Waals surface area (Å²) in [5.74, 6) is 0.574. The third-order valence-corrected chi connectivity index (χ3v) is 7.89. The lowest BCUT2D eigenvalue weighted by molar-refractivity contribution is -0.147. The number of alkyl halides is 1. The van der Waals surface area contributed by atoms with Crippen molar-refractivity contribution in [2.45, 2.75) is 44.8 Å². The van der Waals surface area contributed by atoms with E-state index in [1.165, 1.54) is 6.92 Å². The lowest BCUT2D eigenvalue weighted by Gasteiger charge is -2.27. The first-order valence-corrected chi connectivity index (χ1v) is 14.9. The topological polar surface area (TPSA) is 100 Å². The van der Waals surface area contributed by atoms with Crippen LogP contribution in [-0.2, 0) is 29.4 Å². The molecule has 1 aliphatic heterocycles. The zero-order valence-corrected chi connectivity index (χ0v) is 24.5. The minimum absolute atomic E-state index is 0.109. The zero-order chi connectivity index (χ0) is 26.5. The maximum absolute atomic E-state index is 11.3. The van der Waals surface area contributed by atoms with E-state index in [4.69, 9.17) is 41.6 Å². The Bertz CT molecular complexity index is 1150. The molecular weight excluding hydrogens is 644 g/mol. The number of esters is 1. The molecule has 8 nitrogen and oxygen atoms in total. The van der Waals surface area contributed by atoms with Gasteiger partial charge in [-0.3, -0.25) is 4.79 Å². The van der Waals surface area contributed by atoms with Gasteiger partial charge in [0.05, 0.1) is 10.0 Å². The molecule has 3 rings (SSSR count). The number of carbonyl (C=O) groups is 1. The zero-order valence-electron chi connectivity index (χ0n) is 20.1. The first-order chi connectivity index (χ1) is 16.9. The predicted octanol–water partition coefficient (Wildman–Crippen LogP) is 5.07. The molecule has 1 fully saturated rings. The van der Waals surface area contributed by atoms with Gasteiger partial charge in [0.2, 0.25) is 0 Å². The van der Waals surface area contributed by atoms with Crippen molar-refractivity contribution in [3.63, 3.8) is 0 Å². The summed E-state index contributed by atoms with van der Waals surface area (Å²) in [6.07, 6.45) is -0.296. The summed E-state index contributed by atoms with van der Waals surface area (Å²) in [4.78, 5) is 11.3. The average molecular weight is 672 g/mol. The van der Waals surface area contributed by atoms with E-state index in [0.29, 0.717) is 28.0 Å². The van der Waals surface area contributed by atoms with Gasteiger partial charge in [0.25, 0.3) is 0 Å². The van der Waals surface area contributed by atoms with Crippen LogP contribution in [0.2, 0.25) is 10.0 Å². The van der Waals surface area contributed by atoms with Crippen molar-refractivity contribution in [3.8, 4) is 11.5 Å². The highest BCUT2D eigenvalue weighted by molar-refractivity contribution is 14.1. The van der Waals surface area contributed by atoms with E-state index in [-0.39, 0.29) is 31.8 Å². The summed E-state index contributed by atoms with van der Waals surface area (Å²) >= 11 is 15.3. The van der Waals surface area contributed by atoms with Crippen LogP contribution in [0.5, 0.6) is 11.5 Å². The van der Waals surface area contributed by atoms with Crippen molar-refractivity contribution in [1.82, 2.24) is 4.72 Å². The molecule has 0 aromatic heterocycles. The lowest BCUT2D eigenvalue weighted by atomic mass is 9.78.